The molecule has 0 aromatic heterocycles. The maximum Gasteiger partial charge on any atom is 0.268 e. The number of carbonyl (C=O) groups excluding carboxylic acids is 1. The Kier molecular flexibility index (Phi) is 38.2. The minimum atomic E-state index is -4.58. The number of carbonyl (C=O) groups is 1. The van der Waals surface area contributed by atoms with Crippen molar-refractivity contribution < 1.29 is 32.9 Å². The lowest BCUT2D eigenvalue weighted by molar-refractivity contribution is -0.870. The predicted octanol–water partition coefficient (Wildman–Crippen LogP) is 12.5. The van der Waals surface area contributed by atoms with Gasteiger partial charge in [-0.2, -0.15) is 0 Å². The first-order valence-corrected chi connectivity index (χ1v) is 25.0. The van der Waals surface area contributed by atoms with Crippen molar-refractivity contribution in [3.63, 3.8) is 0 Å². The van der Waals surface area contributed by atoms with Crippen LogP contribution in [0.15, 0.2) is 12.2 Å². The van der Waals surface area contributed by atoms with Gasteiger partial charge in [0, 0.05) is 6.42 Å². The summed E-state index contributed by atoms with van der Waals surface area (Å²) in [6.07, 6.45) is 44.1. The van der Waals surface area contributed by atoms with Crippen molar-refractivity contribution in [3.05, 3.63) is 12.2 Å². The average molecular weight is 801 g/mol. The minimum absolute atomic E-state index is 0.00199. The Labute approximate surface area is 342 Å². The highest BCUT2D eigenvalue weighted by molar-refractivity contribution is 7.45. The summed E-state index contributed by atoms with van der Waals surface area (Å²) in [6, 6.07) is -0.879. The van der Waals surface area contributed by atoms with Gasteiger partial charge in [-0.25, -0.2) is 0 Å². The quantitative estimate of drug-likeness (QED) is 0.0275. The zero-order valence-corrected chi connectivity index (χ0v) is 38.0. The topological polar surface area (TPSA) is 108 Å². The number of unbranched alkanes of at least 4 members (excludes halogenated alkanes) is 30. The largest absolute Gasteiger partial charge is 0.756 e. The van der Waals surface area contributed by atoms with Crippen molar-refractivity contribution in [2.45, 2.75) is 238 Å². The van der Waals surface area contributed by atoms with Crippen LogP contribution in [-0.2, 0) is 18.4 Å². The van der Waals surface area contributed by atoms with E-state index in [1.165, 1.54) is 167 Å². The van der Waals surface area contributed by atoms with E-state index in [9.17, 15) is 19.4 Å². The van der Waals surface area contributed by atoms with E-state index in [1.54, 1.807) is 6.08 Å². The first-order chi connectivity index (χ1) is 26.5. The van der Waals surface area contributed by atoms with Gasteiger partial charge in [-0.1, -0.05) is 212 Å². The molecule has 0 radical (unpaired) electrons. The number of phosphoric acid groups is 1. The fourth-order valence-corrected chi connectivity index (χ4v) is 7.70. The van der Waals surface area contributed by atoms with Gasteiger partial charge in [0.25, 0.3) is 7.82 Å². The summed E-state index contributed by atoms with van der Waals surface area (Å²) in [5, 5.41) is 13.8. The highest BCUT2D eigenvalue weighted by Gasteiger charge is 2.23. The Morgan fingerprint density at radius 3 is 1.36 bits per heavy atom. The molecular formula is C46H93N2O6P. The smallest absolute Gasteiger partial charge is 0.268 e. The van der Waals surface area contributed by atoms with Crippen LogP contribution in [0, 0.1) is 0 Å². The van der Waals surface area contributed by atoms with Crippen LogP contribution in [0.3, 0.4) is 0 Å². The van der Waals surface area contributed by atoms with E-state index in [-0.39, 0.29) is 19.1 Å². The third kappa shape index (κ3) is 41.2. The van der Waals surface area contributed by atoms with Crippen molar-refractivity contribution in [1.29, 1.82) is 0 Å². The lowest BCUT2D eigenvalue weighted by Crippen LogP contribution is -2.45. The molecule has 9 heteroatoms. The number of hydrogen-bond donors (Lipinski definition) is 2. The van der Waals surface area contributed by atoms with Crippen LogP contribution in [-0.4, -0.2) is 68.5 Å². The molecule has 0 spiro atoms. The first-order valence-electron chi connectivity index (χ1n) is 23.6. The molecule has 3 atom stereocenters. The molecule has 0 aliphatic heterocycles. The van der Waals surface area contributed by atoms with E-state index in [2.05, 4.69) is 19.2 Å². The first kappa shape index (κ1) is 54.2. The number of likely N-dealkylation sites (N-methyl/N-ethyl adjacent to an activating group) is 1. The number of nitrogens with zero attached hydrogens (tertiary/aromatic N) is 1. The maximum atomic E-state index is 12.8. The molecule has 0 saturated carbocycles. The van der Waals surface area contributed by atoms with Gasteiger partial charge in [0.05, 0.1) is 39.9 Å². The molecular weight excluding hydrogens is 707 g/mol. The number of nitrogens with one attached hydrogen (secondary N) is 1. The molecule has 0 aliphatic carbocycles. The van der Waals surface area contributed by atoms with Crippen molar-refractivity contribution in [2.24, 2.45) is 0 Å². The molecule has 0 heterocycles. The van der Waals surface area contributed by atoms with Crippen molar-refractivity contribution in [3.8, 4) is 0 Å². The van der Waals surface area contributed by atoms with E-state index in [0.717, 1.165) is 38.5 Å². The summed E-state index contributed by atoms with van der Waals surface area (Å²) in [7, 11) is 1.27. The third-order valence-electron chi connectivity index (χ3n) is 10.7. The van der Waals surface area contributed by atoms with E-state index in [1.807, 2.05) is 27.2 Å². The fraction of sp³-hybridized carbons (Fsp3) is 0.935. The third-order valence-corrected chi connectivity index (χ3v) is 11.7. The van der Waals surface area contributed by atoms with Crippen LogP contribution in [0.25, 0.3) is 0 Å². The van der Waals surface area contributed by atoms with Gasteiger partial charge >= 0.3 is 0 Å². The number of amides is 1. The zero-order chi connectivity index (χ0) is 40.7. The number of aliphatic hydroxyl groups is 1. The molecule has 0 rings (SSSR count). The van der Waals surface area contributed by atoms with Crippen LogP contribution in [0.2, 0.25) is 0 Å². The lowest BCUT2D eigenvalue weighted by atomic mass is 10.0. The van der Waals surface area contributed by atoms with Gasteiger partial charge in [-0.15, -0.1) is 0 Å². The standard InChI is InChI=1S/C46H93N2O6P/c1-6-8-10-12-14-16-18-19-20-21-22-23-24-25-26-27-28-29-30-31-33-35-37-39-45(49)44(43-54-55(51,52)53-42-41-48(3,4)5)47-46(50)40-38-36-34-32-17-15-13-11-9-7-2/h37,39,44-45,49H,6-36,38,40-43H2,1-5H3,(H-,47,50,51,52)/b39-37+. The fourth-order valence-electron chi connectivity index (χ4n) is 6.98. The summed E-state index contributed by atoms with van der Waals surface area (Å²) in [6.45, 7) is 4.65. The number of quaternary nitrogens is 1. The van der Waals surface area contributed by atoms with Gasteiger partial charge in [0.2, 0.25) is 5.91 Å². The molecule has 8 nitrogen and oxygen atoms in total. The normalized spacial score (nSPS) is 14.4. The van der Waals surface area contributed by atoms with E-state index in [0.29, 0.717) is 17.4 Å². The summed E-state index contributed by atoms with van der Waals surface area (Å²) in [5.74, 6) is -0.198. The number of hydrogen-bond acceptors (Lipinski definition) is 6. The highest BCUT2D eigenvalue weighted by atomic mass is 31.2. The Morgan fingerprint density at radius 1 is 0.618 bits per heavy atom. The summed E-state index contributed by atoms with van der Waals surface area (Å²) >= 11 is 0. The molecule has 328 valence electrons. The van der Waals surface area contributed by atoms with Crippen LogP contribution >= 0.6 is 7.82 Å². The Balaban J connectivity index is 4.24. The Hall–Kier alpha value is -0.760. The second-order valence-electron chi connectivity index (χ2n) is 17.5. The minimum Gasteiger partial charge on any atom is -0.756 e. The van der Waals surface area contributed by atoms with Crippen LogP contribution < -0.4 is 10.2 Å². The van der Waals surface area contributed by atoms with E-state index >= 15 is 0 Å². The molecule has 0 aromatic carbocycles. The SMILES string of the molecule is CCCCCCCCCCCCCCCCCCCCCCC/C=C/C(O)C(COP(=O)([O-])OCC[N+](C)(C)C)NC(=O)CCCCCCCCCCCC. The summed E-state index contributed by atoms with van der Waals surface area (Å²) < 4.78 is 23.2. The summed E-state index contributed by atoms with van der Waals surface area (Å²) in [4.78, 5) is 25.2. The molecule has 1 amide bonds. The molecule has 0 aromatic rings. The van der Waals surface area contributed by atoms with E-state index < -0.39 is 20.0 Å². The van der Waals surface area contributed by atoms with Gasteiger partial charge < -0.3 is 28.8 Å². The molecule has 55 heavy (non-hydrogen) atoms. The average Bonchev–Trinajstić information content (AvgIpc) is 3.13. The molecule has 0 aliphatic rings. The Morgan fingerprint density at radius 2 is 0.982 bits per heavy atom. The Bertz CT molecular complexity index is 911. The zero-order valence-electron chi connectivity index (χ0n) is 37.1. The molecule has 0 saturated heterocycles. The van der Waals surface area contributed by atoms with Gasteiger partial charge in [-0.05, 0) is 19.3 Å². The van der Waals surface area contributed by atoms with Gasteiger partial charge in [-0.3, -0.25) is 9.36 Å². The van der Waals surface area contributed by atoms with Crippen LogP contribution in [0.4, 0.5) is 0 Å². The molecule has 0 fully saturated rings. The van der Waals surface area contributed by atoms with Crippen LogP contribution in [0.1, 0.15) is 226 Å². The number of aliphatic hydroxyl groups excluding tert-OH is 1. The van der Waals surface area contributed by atoms with Crippen molar-refractivity contribution in [2.75, 3.05) is 40.9 Å². The second-order valence-corrected chi connectivity index (χ2v) is 18.9. The van der Waals surface area contributed by atoms with Crippen LogP contribution in [0.5, 0.6) is 0 Å². The van der Waals surface area contributed by atoms with Gasteiger partial charge in [0.15, 0.2) is 0 Å². The highest BCUT2D eigenvalue weighted by Crippen LogP contribution is 2.38. The molecule has 3 unspecified atom stereocenters. The maximum absolute atomic E-state index is 12.8. The van der Waals surface area contributed by atoms with Gasteiger partial charge in [0.1, 0.15) is 13.2 Å². The number of allylic oxidation sites excluding steroid dienone is 1. The number of rotatable bonds is 43. The van der Waals surface area contributed by atoms with E-state index in [4.69, 9.17) is 9.05 Å². The predicted molar refractivity (Wildman–Crippen MR) is 233 cm³/mol. The second kappa shape index (κ2) is 38.7. The van der Waals surface area contributed by atoms with Crippen molar-refractivity contribution in [1.82, 2.24) is 5.32 Å². The monoisotopic (exact) mass is 801 g/mol. The lowest BCUT2D eigenvalue weighted by Gasteiger charge is -2.29. The number of phosphoric ester groups is 1. The molecule has 2 N–H and O–H groups in total. The summed E-state index contributed by atoms with van der Waals surface area (Å²) in [5.41, 5.74) is 0. The van der Waals surface area contributed by atoms with Crippen molar-refractivity contribution >= 4 is 13.7 Å². The molecule has 0 bridgehead atoms.